The SMILES string of the molecule is CCn1nc(C)cc1C(=O)Nc1nc2cc(S(N)(=O)=O)ccc2n1C/C=C/Cn1c(NC(=O)c2cc(C)nn2CC)nc2cc(C(N)O)cc(OCCC3CN(C(=O)CCN4C(=O)C=CC4=O)C3)c21. The number of allylic oxidation sites excluding steroid dienone is 2. The third-order valence-electron chi connectivity index (χ3n) is 11.8. The summed E-state index contributed by atoms with van der Waals surface area (Å²) in [7, 11) is -4.07. The van der Waals surface area contributed by atoms with Crippen LogP contribution in [0.1, 0.15) is 70.8 Å². The standard InChI is InChI=1S/C45H52N14O9S/c1-5-58-34(19-26(3)52-58)42(64)50-44-48-31-23-30(69(47,66)67)9-10-33(31)55(44)15-7-8-16-57-40-32(49-45(57)51-43(65)35-20-27(4)53-59(35)6-2)21-29(41(46)63)22-36(40)68-18-14-28-24-54(25-28)37(60)13-17-56-38(61)11-12-39(56)62/h7-12,19-23,28,41,63H,5-6,13-18,24-25,46H2,1-4H3,(H2,47,66,67)(H,48,50,64)(H,49,51,65)/b8-7+. The average molecular weight is 965 g/mol. The lowest BCUT2D eigenvalue weighted by molar-refractivity contribution is -0.140. The summed E-state index contributed by atoms with van der Waals surface area (Å²) in [6, 6.07) is 10.8. The Kier molecular flexibility index (Phi) is 13.6. The number of sulfonamides is 1. The van der Waals surface area contributed by atoms with E-state index in [9.17, 15) is 37.5 Å². The van der Waals surface area contributed by atoms with Gasteiger partial charge in [-0.2, -0.15) is 10.2 Å². The zero-order chi connectivity index (χ0) is 49.3. The van der Waals surface area contributed by atoms with Crippen molar-refractivity contribution >= 4 is 73.5 Å². The third-order valence-corrected chi connectivity index (χ3v) is 12.7. The van der Waals surface area contributed by atoms with Gasteiger partial charge in [0.25, 0.3) is 23.6 Å². The lowest BCUT2D eigenvalue weighted by Gasteiger charge is -2.39. The Morgan fingerprint density at radius 1 is 0.855 bits per heavy atom. The highest BCUT2D eigenvalue weighted by Crippen LogP contribution is 2.34. The number of nitrogens with two attached hydrogens (primary N) is 2. The van der Waals surface area contributed by atoms with Crippen molar-refractivity contribution in [2.45, 2.75) is 77.8 Å². The number of likely N-dealkylation sites (tertiary alicyclic amines) is 1. The van der Waals surface area contributed by atoms with Crippen molar-refractivity contribution in [1.82, 2.24) is 48.5 Å². The fourth-order valence-electron chi connectivity index (χ4n) is 8.31. The zero-order valence-corrected chi connectivity index (χ0v) is 39.1. The summed E-state index contributed by atoms with van der Waals surface area (Å²) in [5.74, 6) is -1.27. The first kappa shape index (κ1) is 47.9. The lowest BCUT2D eigenvalue weighted by atomic mass is 9.96. The predicted molar refractivity (Wildman–Crippen MR) is 251 cm³/mol. The molecule has 0 saturated carbocycles. The summed E-state index contributed by atoms with van der Waals surface area (Å²) in [5.41, 5.74) is 9.80. The number of anilines is 2. The first-order valence-corrected chi connectivity index (χ1v) is 23.8. The molecule has 1 fully saturated rings. The summed E-state index contributed by atoms with van der Waals surface area (Å²) >= 11 is 0. The third kappa shape index (κ3) is 10.2. The van der Waals surface area contributed by atoms with E-state index in [1.807, 2.05) is 19.9 Å². The van der Waals surface area contributed by atoms with Crippen LogP contribution in [-0.2, 0) is 50.6 Å². The van der Waals surface area contributed by atoms with Crippen LogP contribution in [0.25, 0.3) is 22.1 Å². The molecule has 0 spiro atoms. The molecule has 24 heteroatoms. The number of aliphatic hydroxyl groups is 1. The van der Waals surface area contributed by atoms with Crippen LogP contribution in [0.5, 0.6) is 5.75 Å². The van der Waals surface area contributed by atoms with Gasteiger partial charge in [0.15, 0.2) is 0 Å². The van der Waals surface area contributed by atoms with E-state index in [2.05, 4.69) is 25.8 Å². The van der Waals surface area contributed by atoms with Gasteiger partial charge in [-0.25, -0.2) is 23.5 Å². The number of ether oxygens (including phenoxy) is 1. The van der Waals surface area contributed by atoms with E-state index in [0.717, 1.165) is 4.90 Å². The van der Waals surface area contributed by atoms with Crippen molar-refractivity contribution in [3.63, 3.8) is 0 Å². The molecule has 8 rings (SSSR count). The fraction of sp³-hybridized carbons (Fsp3) is 0.356. The number of imide groups is 1. The minimum absolute atomic E-state index is 0.0108. The molecule has 0 radical (unpaired) electrons. The van der Waals surface area contributed by atoms with Crippen molar-refractivity contribution in [2.24, 2.45) is 16.8 Å². The Labute approximate surface area is 395 Å². The number of hydrogen-bond acceptors (Lipinski definition) is 14. The number of aliphatic hydroxyl groups excluding tert-OH is 1. The minimum Gasteiger partial charge on any atom is -0.491 e. The number of rotatable bonds is 19. The van der Waals surface area contributed by atoms with Crippen molar-refractivity contribution in [3.05, 3.63) is 95.1 Å². The van der Waals surface area contributed by atoms with Gasteiger partial charge in [-0.1, -0.05) is 12.2 Å². The normalized spacial score (nSPS) is 14.7. The molecule has 69 heavy (non-hydrogen) atoms. The first-order valence-electron chi connectivity index (χ1n) is 22.2. The van der Waals surface area contributed by atoms with Crippen LogP contribution in [-0.4, -0.2) is 118 Å². The Morgan fingerprint density at radius 3 is 2.01 bits per heavy atom. The van der Waals surface area contributed by atoms with Crippen molar-refractivity contribution in [3.8, 4) is 5.75 Å². The molecule has 2 aliphatic rings. The van der Waals surface area contributed by atoms with Gasteiger partial charge >= 0.3 is 0 Å². The number of aromatic nitrogens is 8. The lowest BCUT2D eigenvalue weighted by Crippen LogP contribution is -2.51. The van der Waals surface area contributed by atoms with Crippen LogP contribution in [0.15, 0.2) is 71.7 Å². The summed E-state index contributed by atoms with van der Waals surface area (Å²) in [4.78, 5) is 76.0. The van der Waals surface area contributed by atoms with Crippen LogP contribution in [0.4, 0.5) is 11.9 Å². The number of hydrogen-bond donors (Lipinski definition) is 5. The molecule has 4 aromatic heterocycles. The number of fused-ring (bicyclic) bond motifs is 2. The molecule has 23 nitrogen and oxygen atoms in total. The Morgan fingerprint density at radius 2 is 1.43 bits per heavy atom. The number of primary sulfonamides is 1. The van der Waals surface area contributed by atoms with E-state index in [4.69, 9.17) is 20.6 Å². The monoisotopic (exact) mass is 964 g/mol. The van der Waals surface area contributed by atoms with E-state index in [-0.39, 0.29) is 66.8 Å². The second-order valence-corrected chi connectivity index (χ2v) is 18.2. The van der Waals surface area contributed by atoms with Gasteiger partial charge < -0.3 is 29.6 Å². The molecular formula is C45H52N14O9S. The van der Waals surface area contributed by atoms with Gasteiger partial charge in [-0.15, -0.1) is 0 Å². The quantitative estimate of drug-likeness (QED) is 0.0443. The average Bonchev–Trinajstić information content (AvgIpc) is 4.11. The van der Waals surface area contributed by atoms with E-state index in [0.29, 0.717) is 83.2 Å². The summed E-state index contributed by atoms with van der Waals surface area (Å²) in [6.07, 6.45) is 5.18. The van der Waals surface area contributed by atoms with Crippen LogP contribution in [0.2, 0.25) is 0 Å². The highest BCUT2D eigenvalue weighted by molar-refractivity contribution is 7.89. The molecule has 6 aromatic rings. The number of imidazole rings is 2. The number of carbonyl (C=O) groups is 5. The highest BCUT2D eigenvalue weighted by atomic mass is 32.2. The molecule has 0 aliphatic carbocycles. The predicted octanol–water partition coefficient (Wildman–Crippen LogP) is 2.34. The minimum atomic E-state index is -4.07. The highest BCUT2D eigenvalue weighted by Gasteiger charge is 2.32. The van der Waals surface area contributed by atoms with Gasteiger partial charge in [0.1, 0.15) is 28.9 Å². The maximum Gasteiger partial charge on any atom is 0.276 e. The molecule has 1 atom stereocenters. The van der Waals surface area contributed by atoms with Gasteiger partial charge in [0, 0.05) is 69.9 Å². The van der Waals surface area contributed by atoms with Crippen LogP contribution < -0.4 is 26.2 Å². The Bertz CT molecular complexity index is 3170. The number of amides is 5. The number of nitrogens with one attached hydrogen (secondary N) is 2. The molecule has 362 valence electrons. The molecule has 0 bridgehead atoms. The van der Waals surface area contributed by atoms with E-state index >= 15 is 0 Å². The molecule has 5 amide bonds. The summed E-state index contributed by atoms with van der Waals surface area (Å²) < 4.78 is 37.5. The van der Waals surface area contributed by atoms with E-state index in [1.165, 1.54) is 24.3 Å². The van der Waals surface area contributed by atoms with Gasteiger partial charge in [-0.05, 0) is 82.5 Å². The number of carbonyl (C=O) groups excluding carboxylic acids is 5. The van der Waals surface area contributed by atoms with Crippen molar-refractivity contribution < 1.29 is 42.2 Å². The number of nitrogens with zero attached hydrogens (tertiary/aromatic N) is 10. The maximum absolute atomic E-state index is 13.9. The fourth-order valence-corrected chi connectivity index (χ4v) is 8.84. The van der Waals surface area contributed by atoms with Crippen LogP contribution in [0.3, 0.4) is 0 Å². The molecule has 7 N–H and O–H groups in total. The molecule has 2 aliphatic heterocycles. The first-order chi connectivity index (χ1) is 32.9. The molecule has 2 aromatic carbocycles. The number of aryl methyl sites for hydroxylation is 4. The van der Waals surface area contributed by atoms with Crippen LogP contribution in [0, 0.1) is 19.8 Å². The van der Waals surface area contributed by atoms with E-state index < -0.39 is 39.9 Å². The second kappa shape index (κ2) is 19.6. The smallest absolute Gasteiger partial charge is 0.276 e. The van der Waals surface area contributed by atoms with Gasteiger partial charge in [0.05, 0.1) is 39.4 Å². The largest absolute Gasteiger partial charge is 0.491 e. The molecular weight excluding hydrogens is 913 g/mol. The molecule has 1 saturated heterocycles. The Balaban J connectivity index is 1.06. The van der Waals surface area contributed by atoms with Gasteiger partial charge in [0.2, 0.25) is 27.8 Å². The Hall–Kier alpha value is -7.54. The molecule has 6 heterocycles. The van der Waals surface area contributed by atoms with Crippen molar-refractivity contribution in [1.29, 1.82) is 0 Å². The summed E-state index contributed by atoms with van der Waals surface area (Å²) in [5, 5.41) is 30.5. The van der Waals surface area contributed by atoms with Gasteiger partial charge in [-0.3, -0.25) is 48.9 Å². The van der Waals surface area contributed by atoms with E-state index in [1.54, 1.807) is 73.7 Å². The van der Waals surface area contributed by atoms with Crippen LogP contribution >= 0.6 is 0 Å². The number of benzene rings is 2. The summed E-state index contributed by atoms with van der Waals surface area (Å²) in [6.45, 7) is 9.58. The zero-order valence-electron chi connectivity index (χ0n) is 38.3. The second-order valence-electron chi connectivity index (χ2n) is 16.7. The maximum atomic E-state index is 13.9. The topological polar surface area (TPSA) is 303 Å². The van der Waals surface area contributed by atoms with Crippen molar-refractivity contribution in [2.75, 3.05) is 36.9 Å². The molecule has 1 unspecified atom stereocenters.